The first-order valence-corrected chi connectivity index (χ1v) is 5.95. The molecule has 0 aromatic heterocycles. The highest BCUT2D eigenvalue weighted by atomic mass is 79.9. The van der Waals surface area contributed by atoms with Gasteiger partial charge < -0.3 is 0 Å². The van der Waals surface area contributed by atoms with E-state index >= 15 is 0 Å². The Labute approximate surface area is 76.7 Å². The summed E-state index contributed by atoms with van der Waals surface area (Å²) in [6.07, 6.45) is 0. The molecule has 3 nitrogen and oxygen atoms in total. The molecular weight excluding hydrogens is 230 g/mol. The van der Waals surface area contributed by atoms with Crippen LogP contribution in [0.15, 0.2) is 0 Å². The van der Waals surface area contributed by atoms with Gasteiger partial charge >= 0.3 is 0 Å². The van der Waals surface area contributed by atoms with Crippen LogP contribution in [0.5, 0.6) is 0 Å². The van der Waals surface area contributed by atoms with Gasteiger partial charge in [-0.05, 0) is 13.8 Å². The molecule has 0 saturated carbocycles. The van der Waals surface area contributed by atoms with Crippen molar-refractivity contribution >= 4 is 26.0 Å². The molecule has 0 spiro atoms. The highest BCUT2D eigenvalue weighted by molar-refractivity contribution is 9.09. The first-order chi connectivity index (χ1) is 4.86. The molecule has 11 heavy (non-hydrogen) atoms. The van der Waals surface area contributed by atoms with Crippen molar-refractivity contribution in [3.05, 3.63) is 0 Å². The van der Waals surface area contributed by atoms with Crippen LogP contribution in [0.4, 0.5) is 0 Å². The number of alkyl halides is 1. The Morgan fingerprint density at radius 1 is 1.36 bits per heavy atom. The summed E-state index contributed by atoms with van der Waals surface area (Å²) >= 11 is 3.25. The van der Waals surface area contributed by atoms with Crippen LogP contribution >= 0.6 is 15.9 Å². The topological polar surface area (TPSA) is 46.2 Å². The van der Waals surface area contributed by atoms with E-state index in [0.29, 0.717) is 6.54 Å². The molecule has 0 fully saturated rings. The maximum atomic E-state index is 11.1. The van der Waals surface area contributed by atoms with Crippen molar-refractivity contribution in [2.45, 2.75) is 30.8 Å². The van der Waals surface area contributed by atoms with Crippen LogP contribution in [-0.4, -0.2) is 25.0 Å². The minimum absolute atomic E-state index is 0.177. The van der Waals surface area contributed by atoms with Crippen molar-refractivity contribution < 1.29 is 8.42 Å². The fraction of sp³-hybridized carbons (Fsp3) is 1.00. The lowest BCUT2D eigenvalue weighted by molar-refractivity contribution is 0.572. The molecule has 0 heterocycles. The van der Waals surface area contributed by atoms with Crippen molar-refractivity contribution in [2.75, 3.05) is 6.54 Å². The maximum Gasteiger partial charge on any atom is 0.213 e. The molecule has 68 valence electrons. The summed E-state index contributed by atoms with van der Waals surface area (Å²) in [7, 11) is -3.07. The van der Waals surface area contributed by atoms with Gasteiger partial charge in [-0.1, -0.05) is 22.9 Å². The number of hydrogen-bond donors (Lipinski definition) is 1. The zero-order valence-electron chi connectivity index (χ0n) is 6.96. The number of sulfonamides is 1. The van der Waals surface area contributed by atoms with E-state index in [1.807, 2.05) is 6.92 Å². The second-order valence-electron chi connectivity index (χ2n) is 2.72. The second-order valence-corrected chi connectivity index (χ2v) is 6.61. The van der Waals surface area contributed by atoms with Crippen molar-refractivity contribution in [2.24, 2.45) is 0 Å². The standard InChI is InChI=1S/C6H14BrNO2S/c1-5(2)11(9,10)8-4-6(3)7/h5-6,8H,4H2,1-3H3. The smallest absolute Gasteiger partial charge is 0.213 e. The molecule has 5 heteroatoms. The minimum Gasteiger partial charge on any atom is -0.214 e. The summed E-state index contributed by atoms with van der Waals surface area (Å²) in [5, 5.41) is -0.353. The van der Waals surface area contributed by atoms with Gasteiger partial charge in [-0.25, -0.2) is 13.1 Å². The lowest BCUT2D eigenvalue weighted by Crippen LogP contribution is -2.34. The van der Waals surface area contributed by atoms with Crippen molar-refractivity contribution in [1.29, 1.82) is 0 Å². The number of halogens is 1. The lowest BCUT2D eigenvalue weighted by atomic mass is 10.5. The van der Waals surface area contributed by atoms with Gasteiger partial charge in [-0.2, -0.15) is 0 Å². The quantitative estimate of drug-likeness (QED) is 0.752. The molecule has 1 unspecified atom stereocenters. The average molecular weight is 244 g/mol. The van der Waals surface area contributed by atoms with Crippen LogP contribution in [0, 0.1) is 0 Å². The predicted molar refractivity (Wildman–Crippen MR) is 50.4 cm³/mol. The third-order valence-electron chi connectivity index (χ3n) is 1.19. The Bertz CT molecular complexity index is 199. The SMILES string of the molecule is CC(Br)CNS(=O)(=O)C(C)C. The molecule has 0 rings (SSSR count). The third kappa shape index (κ3) is 4.76. The largest absolute Gasteiger partial charge is 0.214 e. The van der Waals surface area contributed by atoms with Crippen molar-refractivity contribution in [3.8, 4) is 0 Å². The molecular formula is C6H14BrNO2S. The Morgan fingerprint density at radius 3 is 2.09 bits per heavy atom. The fourth-order valence-corrected chi connectivity index (χ4v) is 1.59. The molecule has 0 aliphatic carbocycles. The van der Waals surface area contributed by atoms with E-state index in [9.17, 15) is 8.42 Å². The van der Waals surface area contributed by atoms with E-state index in [0.717, 1.165) is 0 Å². The summed E-state index contributed by atoms with van der Waals surface area (Å²) in [6, 6.07) is 0. The molecule has 1 atom stereocenters. The van der Waals surface area contributed by atoms with Crippen LogP contribution in [0.2, 0.25) is 0 Å². The van der Waals surface area contributed by atoms with Gasteiger partial charge in [0, 0.05) is 11.4 Å². The van der Waals surface area contributed by atoms with Crippen LogP contribution < -0.4 is 4.72 Å². The van der Waals surface area contributed by atoms with Gasteiger partial charge in [0.15, 0.2) is 0 Å². The summed E-state index contributed by atoms with van der Waals surface area (Å²) in [5.41, 5.74) is 0. The summed E-state index contributed by atoms with van der Waals surface area (Å²) in [4.78, 5) is 0.177. The first-order valence-electron chi connectivity index (χ1n) is 3.49. The van der Waals surface area contributed by atoms with Gasteiger partial charge in [-0.15, -0.1) is 0 Å². The summed E-state index contributed by atoms with van der Waals surface area (Å²) in [5.74, 6) is 0. The molecule has 1 N–H and O–H groups in total. The van der Waals surface area contributed by atoms with Gasteiger partial charge in [0.25, 0.3) is 0 Å². The minimum atomic E-state index is -3.07. The van der Waals surface area contributed by atoms with Gasteiger partial charge in [-0.3, -0.25) is 0 Å². The zero-order valence-corrected chi connectivity index (χ0v) is 9.37. The summed E-state index contributed by atoms with van der Waals surface area (Å²) in [6.45, 7) is 5.64. The van der Waals surface area contributed by atoms with E-state index in [2.05, 4.69) is 20.7 Å². The highest BCUT2D eigenvalue weighted by Crippen LogP contribution is 1.99. The monoisotopic (exact) mass is 243 g/mol. The average Bonchev–Trinajstić information content (AvgIpc) is 1.84. The van der Waals surface area contributed by atoms with Gasteiger partial charge in [0.2, 0.25) is 10.0 Å². The van der Waals surface area contributed by atoms with Crippen LogP contribution in [-0.2, 0) is 10.0 Å². The van der Waals surface area contributed by atoms with Crippen LogP contribution in [0.3, 0.4) is 0 Å². The van der Waals surface area contributed by atoms with Crippen molar-refractivity contribution in [3.63, 3.8) is 0 Å². The van der Waals surface area contributed by atoms with E-state index < -0.39 is 10.0 Å². The van der Waals surface area contributed by atoms with Crippen LogP contribution in [0.25, 0.3) is 0 Å². The molecule has 0 aliphatic rings. The van der Waals surface area contributed by atoms with E-state index in [1.54, 1.807) is 13.8 Å². The van der Waals surface area contributed by atoms with Crippen molar-refractivity contribution in [1.82, 2.24) is 4.72 Å². The zero-order chi connectivity index (χ0) is 9.07. The molecule has 0 amide bonds. The Hall–Kier alpha value is 0.390. The lowest BCUT2D eigenvalue weighted by Gasteiger charge is -2.09. The first kappa shape index (κ1) is 11.4. The fourth-order valence-electron chi connectivity index (χ4n) is 0.398. The van der Waals surface area contributed by atoms with E-state index in [4.69, 9.17) is 0 Å². The molecule has 0 saturated heterocycles. The Kier molecular flexibility index (Phi) is 4.58. The van der Waals surface area contributed by atoms with E-state index in [1.165, 1.54) is 0 Å². The Morgan fingerprint density at radius 2 is 1.82 bits per heavy atom. The molecule has 0 aliphatic heterocycles. The molecule has 0 aromatic carbocycles. The normalized spacial score (nSPS) is 15.4. The molecule has 0 bridgehead atoms. The number of nitrogens with one attached hydrogen (secondary N) is 1. The molecule has 0 aromatic rings. The van der Waals surface area contributed by atoms with E-state index in [-0.39, 0.29) is 10.1 Å². The van der Waals surface area contributed by atoms with Crippen LogP contribution in [0.1, 0.15) is 20.8 Å². The maximum absolute atomic E-state index is 11.1. The summed E-state index contributed by atoms with van der Waals surface area (Å²) < 4.78 is 24.7. The third-order valence-corrected chi connectivity index (χ3v) is 3.32. The molecule has 0 radical (unpaired) electrons. The predicted octanol–water partition coefficient (Wildman–Crippen LogP) is 1.10. The Balaban J connectivity index is 3.95. The second kappa shape index (κ2) is 4.42. The van der Waals surface area contributed by atoms with Gasteiger partial charge in [0.1, 0.15) is 0 Å². The highest BCUT2D eigenvalue weighted by Gasteiger charge is 2.14. The number of rotatable bonds is 4. The number of hydrogen-bond acceptors (Lipinski definition) is 2. The van der Waals surface area contributed by atoms with Gasteiger partial charge in [0.05, 0.1) is 5.25 Å².